The van der Waals surface area contributed by atoms with Gasteiger partial charge in [0.15, 0.2) is 0 Å². The van der Waals surface area contributed by atoms with Crippen molar-refractivity contribution in [2.24, 2.45) is 0 Å². The van der Waals surface area contributed by atoms with Gasteiger partial charge in [-0.15, -0.1) is 0 Å². The molecule has 3 aliphatic rings. The first kappa shape index (κ1) is 15.3. The zero-order chi connectivity index (χ0) is 14.5. The molecule has 0 atom stereocenters. The van der Waals surface area contributed by atoms with E-state index in [-0.39, 0.29) is 5.91 Å². The Labute approximate surface area is 129 Å². The molecule has 1 aliphatic heterocycles. The molecule has 3 fully saturated rings. The van der Waals surface area contributed by atoms with Gasteiger partial charge in [-0.1, -0.05) is 32.1 Å². The third kappa shape index (κ3) is 4.43. The lowest BCUT2D eigenvalue weighted by atomic mass is 9.95. The number of hydrogen-bond donors (Lipinski definition) is 1. The zero-order valence-electron chi connectivity index (χ0n) is 13.4. The molecule has 1 amide bonds. The van der Waals surface area contributed by atoms with Gasteiger partial charge in [-0.2, -0.15) is 0 Å². The van der Waals surface area contributed by atoms with Gasteiger partial charge in [0.1, 0.15) is 0 Å². The Morgan fingerprint density at radius 1 is 0.857 bits per heavy atom. The summed E-state index contributed by atoms with van der Waals surface area (Å²) in [5.41, 5.74) is 0. The Hall–Kier alpha value is -0.610. The Bertz CT molecular complexity index is 327. The topological polar surface area (TPSA) is 35.6 Å². The van der Waals surface area contributed by atoms with Gasteiger partial charge in [0.2, 0.25) is 5.91 Å². The number of carbonyl (C=O) groups excluding carboxylic acids is 1. The van der Waals surface area contributed by atoms with Gasteiger partial charge >= 0.3 is 0 Å². The van der Waals surface area contributed by atoms with E-state index in [1.807, 2.05) is 0 Å². The fourth-order valence-electron chi connectivity index (χ4n) is 4.28. The molecule has 120 valence electrons. The molecule has 0 aromatic carbocycles. The van der Waals surface area contributed by atoms with Crippen molar-refractivity contribution >= 4 is 5.91 Å². The van der Waals surface area contributed by atoms with E-state index in [2.05, 4.69) is 15.1 Å². The van der Waals surface area contributed by atoms with E-state index < -0.39 is 0 Å². The van der Waals surface area contributed by atoms with Gasteiger partial charge in [0, 0.05) is 38.3 Å². The molecule has 1 N–H and O–H groups in total. The van der Waals surface area contributed by atoms with Crippen LogP contribution >= 0.6 is 0 Å². The summed E-state index contributed by atoms with van der Waals surface area (Å²) in [5.74, 6) is 0.246. The lowest BCUT2D eigenvalue weighted by Gasteiger charge is -2.38. The van der Waals surface area contributed by atoms with Crippen LogP contribution in [0.25, 0.3) is 0 Å². The first-order valence-corrected chi connectivity index (χ1v) is 9.07. The van der Waals surface area contributed by atoms with Crippen molar-refractivity contribution in [1.82, 2.24) is 15.1 Å². The minimum absolute atomic E-state index is 0.246. The summed E-state index contributed by atoms with van der Waals surface area (Å²) in [6.45, 7) is 5.04. The average molecular weight is 293 g/mol. The van der Waals surface area contributed by atoms with Crippen LogP contribution in [-0.4, -0.2) is 60.5 Å². The third-order valence-electron chi connectivity index (χ3n) is 5.59. The number of rotatable bonds is 4. The average Bonchev–Trinajstić information content (AvgIpc) is 3.03. The fraction of sp³-hybridized carbons (Fsp3) is 0.941. The molecule has 1 saturated heterocycles. The van der Waals surface area contributed by atoms with Gasteiger partial charge in [-0.3, -0.25) is 14.6 Å². The molecular weight excluding hydrogens is 262 g/mol. The highest BCUT2D eigenvalue weighted by Gasteiger charge is 2.27. The van der Waals surface area contributed by atoms with Crippen LogP contribution in [0.1, 0.15) is 57.8 Å². The van der Waals surface area contributed by atoms with E-state index in [9.17, 15) is 4.79 Å². The van der Waals surface area contributed by atoms with E-state index in [0.29, 0.717) is 12.6 Å². The Kier molecular flexibility index (Phi) is 5.53. The highest BCUT2D eigenvalue weighted by molar-refractivity contribution is 5.78. The minimum Gasteiger partial charge on any atom is -0.352 e. The van der Waals surface area contributed by atoms with Crippen molar-refractivity contribution in [2.45, 2.75) is 69.9 Å². The minimum atomic E-state index is 0.246. The predicted molar refractivity (Wildman–Crippen MR) is 85.3 cm³/mol. The third-order valence-corrected chi connectivity index (χ3v) is 5.59. The van der Waals surface area contributed by atoms with Crippen molar-refractivity contribution < 1.29 is 4.79 Å². The lowest BCUT2D eigenvalue weighted by molar-refractivity contribution is -0.123. The van der Waals surface area contributed by atoms with Crippen molar-refractivity contribution in [3.8, 4) is 0 Å². The largest absolute Gasteiger partial charge is 0.352 e. The van der Waals surface area contributed by atoms with Gasteiger partial charge in [-0.25, -0.2) is 0 Å². The number of nitrogens with zero attached hydrogens (tertiary/aromatic N) is 2. The Balaban J connectivity index is 1.35. The van der Waals surface area contributed by atoms with Gasteiger partial charge in [0.05, 0.1) is 6.54 Å². The SMILES string of the molecule is O=C(CN1CCN(C2CCCC2)CC1)NC1CCCCC1. The van der Waals surface area contributed by atoms with E-state index in [1.165, 1.54) is 57.8 Å². The van der Waals surface area contributed by atoms with Gasteiger partial charge < -0.3 is 5.32 Å². The molecule has 1 heterocycles. The van der Waals surface area contributed by atoms with Crippen LogP contribution in [0, 0.1) is 0 Å². The number of carbonyl (C=O) groups is 1. The second kappa shape index (κ2) is 7.59. The van der Waals surface area contributed by atoms with Crippen LogP contribution < -0.4 is 5.32 Å². The molecule has 0 aromatic rings. The zero-order valence-corrected chi connectivity index (χ0v) is 13.4. The van der Waals surface area contributed by atoms with Crippen molar-refractivity contribution in [2.75, 3.05) is 32.7 Å². The summed E-state index contributed by atoms with van der Waals surface area (Å²) < 4.78 is 0. The maximum atomic E-state index is 12.2. The molecule has 21 heavy (non-hydrogen) atoms. The van der Waals surface area contributed by atoms with Crippen LogP contribution in [-0.2, 0) is 4.79 Å². The van der Waals surface area contributed by atoms with Crippen LogP contribution in [0.2, 0.25) is 0 Å². The second-order valence-electron chi connectivity index (χ2n) is 7.15. The first-order valence-electron chi connectivity index (χ1n) is 9.07. The van der Waals surface area contributed by atoms with Gasteiger partial charge in [-0.05, 0) is 25.7 Å². The molecule has 0 aromatic heterocycles. The number of amides is 1. The smallest absolute Gasteiger partial charge is 0.234 e. The van der Waals surface area contributed by atoms with Crippen LogP contribution in [0.5, 0.6) is 0 Å². The quantitative estimate of drug-likeness (QED) is 0.861. The van der Waals surface area contributed by atoms with Gasteiger partial charge in [0.25, 0.3) is 0 Å². The molecule has 0 radical (unpaired) electrons. The summed E-state index contributed by atoms with van der Waals surface area (Å²) in [5, 5.41) is 3.24. The standard InChI is InChI=1S/C17H31N3O/c21-17(18-15-6-2-1-3-7-15)14-19-10-12-20(13-11-19)16-8-4-5-9-16/h15-16H,1-14H2,(H,18,21). The van der Waals surface area contributed by atoms with Crippen LogP contribution in [0.4, 0.5) is 0 Å². The van der Waals surface area contributed by atoms with E-state index in [0.717, 1.165) is 32.2 Å². The van der Waals surface area contributed by atoms with Crippen molar-refractivity contribution in [3.63, 3.8) is 0 Å². The molecule has 2 aliphatic carbocycles. The molecule has 2 saturated carbocycles. The summed E-state index contributed by atoms with van der Waals surface area (Å²) >= 11 is 0. The van der Waals surface area contributed by atoms with E-state index in [1.54, 1.807) is 0 Å². The summed E-state index contributed by atoms with van der Waals surface area (Å²) in [7, 11) is 0. The summed E-state index contributed by atoms with van der Waals surface area (Å²) in [4.78, 5) is 17.1. The molecule has 0 bridgehead atoms. The van der Waals surface area contributed by atoms with E-state index >= 15 is 0 Å². The lowest BCUT2D eigenvalue weighted by Crippen LogP contribution is -2.52. The fourth-order valence-corrected chi connectivity index (χ4v) is 4.28. The first-order chi connectivity index (χ1) is 10.3. The highest BCUT2D eigenvalue weighted by Crippen LogP contribution is 2.24. The Morgan fingerprint density at radius 3 is 2.14 bits per heavy atom. The molecule has 3 rings (SSSR count). The number of piperazine rings is 1. The number of nitrogens with one attached hydrogen (secondary N) is 1. The van der Waals surface area contributed by atoms with Crippen LogP contribution in [0.15, 0.2) is 0 Å². The maximum Gasteiger partial charge on any atom is 0.234 e. The Morgan fingerprint density at radius 2 is 1.48 bits per heavy atom. The molecule has 4 heteroatoms. The monoisotopic (exact) mass is 293 g/mol. The van der Waals surface area contributed by atoms with E-state index in [4.69, 9.17) is 0 Å². The van der Waals surface area contributed by atoms with Crippen molar-refractivity contribution in [1.29, 1.82) is 0 Å². The maximum absolute atomic E-state index is 12.2. The highest BCUT2D eigenvalue weighted by atomic mass is 16.2. The summed E-state index contributed by atoms with van der Waals surface area (Å²) in [6.07, 6.45) is 11.9. The number of hydrogen-bond acceptors (Lipinski definition) is 3. The van der Waals surface area contributed by atoms with Crippen molar-refractivity contribution in [3.05, 3.63) is 0 Å². The summed E-state index contributed by atoms with van der Waals surface area (Å²) in [6, 6.07) is 1.29. The van der Waals surface area contributed by atoms with Crippen LogP contribution in [0.3, 0.4) is 0 Å². The second-order valence-corrected chi connectivity index (χ2v) is 7.15. The molecule has 4 nitrogen and oxygen atoms in total. The molecule has 0 unspecified atom stereocenters. The molecular formula is C17H31N3O. The normalized spacial score (nSPS) is 27.0. The predicted octanol–water partition coefficient (Wildman–Crippen LogP) is 2.00. The molecule has 0 spiro atoms.